The number of aryl methyl sites for hydroxylation is 1. The van der Waals surface area contributed by atoms with Crippen LogP contribution in [0.1, 0.15) is 129 Å². The lowest BCUT2D eigenvalue weighted by molar-refractivity contribution is -0.120. The SMILES string of the molecule is CCCCCCCc1ncc(NC(=O)C(CCCCCC)CCCCCCC)s1. The number of carbonyl (C=O) groups excluding carboxylic acids is 1. The first-order valence-corrected chi connectivity index (χ1v) is 13.3. The zero-order valence-electron chi connectivity index (χ0n) is 19.4. The summed E-state index contributed by atoms with van der Waals surface area (Å²) in [5.74, 6) is 0.378. The van der Waals surface area contributed by atoms with Gasteiger partial charge in [0.1, 0.15) is 5.00 Å². The van der Waals surface area contributed by atoms with E-state index >= 15 is 0 Å². The van der Waals surface area contributed by atoms with Gasteiger partial charge in [-0.3, -0.25) is 4.79 Å². The van der Waals surface area contributed by atoms with E-state index in [0.29, 0.717) is 0 Å². The molecule has 0 aromatic carbocycles. The first-order valence-electron chi connectivity index (χ1n) is 12.5. The summed E-state index contributed by atoms with van der Waals surface area (Å²) in [4.78, 5) is 17.4. The highest BCUT2D eigenvalue weighted by atomic mass is 32.1. The van der Waals surface area contributed by atoms with Gasteiger partial charge in [0.15, 0.2) is 0 Å². The third kappa shape index (κ3) is 13.1. The second-order valence-corrected chi connectivity index (χ2v) is 9.64. The Bertz CT molecular complexity index is 515. The number of unbranched alkanes of at least 4 members (excludes halogenated alkanes) is 11. The van der Waals surface area contributed by atoms with Gasteiger partial charge in [-0.1, -0.05) is 104 Å². The van der Waals surface area contributed by atoms with Crippen LogP contribution >= 0.6 is 11.3 Å². The summed E-state index contributed by atoms with van der Waals surface area (Å²) in [6.07, 6.45) is 22.7. The van der Waals surface area contributed by atoms with Crippen LogP contribution in [0.4, 0.5) is 5.00 Å². The molecule has 1 amide bonds. The van der Waals surface area contributed by atoms with Crippen molar-refractivity contribution in [3.05, 3.63) is 11.2 Å². The average Bonchev–Trinajstić information content (AvgIpc) is 3.16. The van der Waals surface area contributed by atoms with E-state index in [1.165, 1.54) is 89.9 Å². The third-order valence-electron chi connectivity index (χ3n) is 5.73. The van der Waals surface area contributed by atoms with Crippen molar-refractivity contribution in [3.8, 4) is 0 Å². The van der Waals surface area contributed by atoms with Crippen molar-refractivity contribution in [2.24, 2.45) is 5.92 Å². The third-order valence-corrected chi connectivity index (χ3v) is 6.70. The predicted molar refractivity (Wildman–Crippen MR) is 129 cm³/mol. The zero-order valence-corrected chi connectivity index (χ0v) is 20.3. The van der Waals surface area contributed by atoms with Gasteiger partial charge < -0.3 is 5.32 Å². The summed E-state index contributed by atoms with van der Waals surface area (Å²) in [6, 6.07) is 0. The van der Waals surface area contributed by atoms with Gasteiger partial charge >= 0.3 is 0 Å². The number of nitrogens with zero attached hydrogens (tertiary/aromatic N) is 1. The normalized spacial score (nSPS) is 12.2. The van der Waals surface area contributed by atoms with Crippen LogP contribution in [0.3, 0.4) is 0 Å². The number of carbonyl (C=O) groups is 1. The second-order valence-electron chi connectivity index (χ2n) is 8.52. The monoisotopic (exact) mass is 422 g/mol. The first kappa shape index (κ1) is 26.1. The van der Waals surface area contributed by atoms with Crippen LogP contribution in [0.25, 0.3) is 0 Å². The molecule has 3 nitrogen and oxygen atoms in total. The molecule has 1 heterocycles. The summed E-state index contributed by atoms with van der Waals surface area (Å²) < 4.78 is 0. The summed E-state index contributed by atoms with van der Waals surface area (Å²) in [6.45, 7) is 6.74. The Hall–Kier alpha value is -0.900. The molecule has 0 saturated heterocycles. The Morgan fingerprint density at radius 3 is 1.93 bits per heavy atom. The van der Waals surface area contributed by atoms with E-state index in [9.17, 15) is 4.79 Å². The van der Waals surface area contributed by atoms with Gasteiger partial charge in [-0.25, -0.2) is 4.98 Å². The minimum atomic E-state index is 0.160. The summed E-state index contributed by atoms with van der Waals surface area (Å²) in [5, 5.41) is 5.28. The topological polar surface area (TPSA) is 42.0 Å². The molecule has 1 atom stereocenters. The van der Waals surface area contributed by atoms with Gasteiger partial charge in [-0.2, -0.15) is 0 Å². The number of anilines is 1. The molecule has 4 heteroatoms. The molecule has 0 aliphatic rings. The van der Waals surface area contributed by atoms with E-state index in [4.69, 9.17) is 0 Å². The number of hydrogen-bond donors (Lipinski definition) is 1. The Morgan fingerprint density at radius 2 is 1.34 bits per heavy atom. The van der Waals surface area contributed by atoms with Gasteiger partial charge in [0.25, 0.3) is 0 Å². The summed E-state index contributed by atoms with van der Waals surface area (Å²) >= 11 is 1.67. The number of amides is 1. The highest BCUT2D eigenvalue weighted by Gasteiger charge is 2.19. The van der Waals surface area contributed by atoms with Crippen molar-refractivity contribution in [1.82, 2.24) is 4.98 Å². The Balaban J connectivity index is 2.43. The van der Waals surface area contributed by atoms with Crippen LogP contribution in [0.5, 0.6) is 0 Å². The molecule has 0 saturated carbocycles. The molecule has 0 bridgehead atoms. The Kier molecular flexibility index (Phi) is 16.1. The molecule has 1 aromatic heterocycles. The van der Waals surface area contributed by atoms with Gasteiger partial charge in [-0.15, -0.1) is 11.3 Å². The van der Waals surface area contributed by atoms with Crippen LogP contribution in [-0.2, 0) is 11.2 Å². The number of hydrogen-bond acceptors (Lipinski definition) is 3. The smallest absolute Gasteiger partial charge is 0.228 e. The predicted octanol–water partition coefficient (Wildman–Crippen LogP) is 8.54. The highest BCUT2D eigenvalue weighted by molar-refractivity contribution is 7.15. The maximum atomic E-state index is 12.9. The van der Waals surface area contributed by atoms with Crippen molar-refractivity contribution in [2.45, 2.75) is 130 Å². The van der Waals surface area contributed by atoms with Crippen molar-refractivity contribution < 1.29 is 4.79 Å². The van der Waals surface area contributed by atoms with Crippen LogP contribution in [-0.4, -0.2) is 10.9 Å². The van der Waals surface area contributed by atoms with Crippen LogP contribution in [0.15, 0.2) is 6.20 Å². The minimum Gasteiger partial charge on any atom is -0.316 e. The summed E-state index contributed by atoms with van der Waals surface area (Å²) in [7, 11) is 0. The molecule has 0 aliphatic carbocycles. The van der Waals surface area contributed by atoms with E-state index in [2.05, 4.69) is 31.1 Å². The molecule has 29 heavy (non-hydrogen) atoms. The molecule has 1 rings (SSSR count). The largest absolute Gasteiger partial charge is 0.316 e. The minimum absolute atomic E-state index is 0.160. The van der Waals surface area contributed by atoms with E-state index < -0.39 is 0 Å². The molecular weight excluding hydrogens is 376 g/mol. The molecule has 0 radical (unpaired) electrons. The fourth-order valence-corrected chi connectivity index (χ4v) is 4.67. The zero-order chi connectivity index (χ0) is 21.2. The lowest BCUT2D eigenvalue weighted by Crippen LogP contribution is -2.22. The molecule has 0 fully saturated rings. The fraction of sp³-hybridized carbons (Fsp3) is 0.840. The van der Waals surface area contributed by atoms with E-state index in [-0.39, 0.29) is 11.8 Å². The maximum absolute atomic E-state index is 12.9. The number of nitrogens with one attached hydrogen (secondary N) is 1. The quantitative estimate of drug-likeness (QED) is 0.227. The van der Waals surface area contributed by atoms with Crippen LogP contribution < -0.4 is 5.32 Å². The van der Waals surface area contributed by atoms with Crippen LogP contribution in [0.2, 0.25) is 0 Å². The number of aromatic nitrogens is 1. The maximum Gasteiger partial charge on any atom is 0.228 e. The van der Waals surface area contributed by atoms with E-state index in [1.807, 2.05) is 6.20 Å². The van der Waals surface area contributed by atoms with E-state index in [1.54, 1.807) is 11.3 Å². The number of thiazole rings is 1. The number of rotatable bonds is 19. The van der Waals surface area contributed by atoms with Crippen molar-refractivity contribution in [2.75, 3.05) is 5.32 Å². The Morgan fingerprint density at radius 1 is 0.828 bits per heavy atom. The fourth-order valence-electron chi connectivity index (χ4n) is 3.81. The molecule has 0 spiro atoms. The van der Waals surface area contributed by atoms with Gasteiger partial charge in [-0.05, 0) is 25.7 Å². The Labute approximate surface area is 184 Å². The van der Waals surface area contributed by atoms with Gasteiger partial charge in [0.05, 0.1) is 11.2 Å². The molecule has 1 N–H and O–H groups in total. The molecule has 0 aliphatic heterocycles. The molecular formula is C25H46N2OS. The average molecular weight is 423 g/mol. The van der Waals surface area contributed by atoms with Crippen molar-refractivity contribution in [1.29, 1.82) is 0 Å². The van der Waals surface area contributed by atoms with Gasteiger partial charge in [0, 0.05) is 5.92 Å². The van der Waals surface area contributed by atoms with Crippen molar-refractivity contribution in [3.63, 3.8) is 0 Å². The van der Waals surface area contributed by atoms with Gasteiger partial charge in [0.2, 0.25) is 5.91 Å². The first-order chi connectivity index (χ1) is 14.2. The van der Waals surface area contributed by atoms with Crippen molar-refractivity contribution >= 4 is 22.2 Å². The van der Waals surface area contributed by atoms with Crippen LogP contribution in [0, 0.1) is 5.92 Å². The lowest BCUT2D eigenvalue weighted by Gasteiger charge is -2.16. The highest BCUT2D eigenvalue weighted by Crippen LogP contribution is 2.24. The molecule has 168 valence electrons. The molecule has 1 aromatic rings. The summed E-state index contributed by atoms with van der Waals surface area (Å²) in [5.41, 5.74) is 0. The van der Waals surface area contributed by atoms with E-state index in [0.717, 1.165) is 29.3 Å². The molecule has 1 unspecified atom stereocenters. The second kappa shape index (κ2) is 17.9. The lowest BCUT2D eigenvalue weighted by atomic mass is 9.93. The standard InChI is InChI=1S/C25H46N2OS/c1-4-7-10-13-16-19-22(18-15-12-9-6-3)25(28)27-24-21-26-23(29-24)20-17-14-11-8-5-2/h21-22H,4-20H2,1-3H3,(H,27,28).